The van der Waals surface area contributed by atoms with E-state index in [2.05, 4.69) is 24.9 Å². The summed E-state index contributed by atoms with van der Waals surface area (Å²) >= 11 is 0. The summed E-state index contributed by atoms with van der Waals surface area (Å²) in [5.74, 6) is -0.678. The second-order valence-electron chi connectivity index (χ2n) is 8.23. The Morgan fingerprint density at radius 1 is 1.09 bits per heavy atom. The van der Waals surface area contributed by atoms with E-state index in [4.69, 9.17) is 4.74 Å². The molecule has 4 heterocycles. The van der Waals surface area contributed by atoms with E-state index in [1.54, 1.807) is 12.4 Å². The van der Waals surface area contributed by atoms with Gasteiger partial charge in [0, 0.05) is 23.7 Å². The van der Waals surface area contributed by atoms with Gasteiger partial charge < -0.3 is 9.72 Å². The highest BCUT2D eigenvalue weighted by molar-refractivity contribution is 5.92. The van der Waals surface area contributed by atoms with E-state index in [1.165, 1.54) is 12.1 Å². The number of hydrogen-bond acceptors (Lipinski definition) is 6. The zero-order valence-corrected chi connectivity index (χ0v) is 16.8. The van der Waals surface area contributed by atoms with E-state index in [-0.39, 0.29) is 23.3 Å². The van der Waals surface area contributed by atoms with Crippen LogP contribution in [0, 0.1) is 11.6 Å². The van der Waals surface area contributed by atoms with Crippen molar-refractivity contribution in [1.82, 2.24) is 24.9 Å². The normalized spacial score (nSPS) is 22.3. The van der Waals surface area contributed by atoms with Crippen LogP contribution in [0.1, 0.15) is 53.5 Å². The largest absolute Gasteiger partial charge is 0.449 e. The minimum absolute atomic E-state index is 0.118. The first-order valence-corrected chi connectivity index (χ1v) is 10.4. The average molecular weight is 433 g/mol. The highest BCUT2D eigenvalue weighted by Gasteiger charge is 2.48. The molecule has 1 aliphatic heterocycles. The summed E-state index contributed by atoms with van der Waals surface area (Å²) in [6.45, 7) is 0. The molecular weight excluding hydrogens is 416 g/mol. The number of fused-ring (bicyclic) bond motifs is 3. The lowest BCUT2D eigenvalue weighted by atomic mass is 9.75. The smallest absolute Gasteiger partial charge is 0.358 e. The summed E-state index contributed by atoms with van der Waals surface area (Å²) in [4.78, 5) is 32.9. The van der Waals surface area contributed by atoms with Crippen LogP contribution in [0.2, 0.25) is 0 Å². The van der Waals surface area contributed by atoms with E-state index in [0.29, 0.717) is 29.7 Å². The van der Waals surface area contributed by atoms with Gasteiger partial charge in [-0.25, -0.2) is 33.5 Å². The minimum atomic E-state index is -0.724. The lowest BCUT2D eigenvalue weighted by Gasteiger charge is -2.35. The average Bonchev–Trinajstić information content (AvgIpc) is 3.33. The van der Waals surface area contributed by atoms with Crippen molar-refractivity contribution in [1.29, 1.82) is 0 Å². The molecule has 3 aromatic heterocycles. The molecule has 1 spiro atoms. The molecule has 2 aliphatic rings. The van der Waals surface area contributed by atoms with Crippen molar-refractivity contribution in [3.05, 3.63) is 71.4 Å². The van der Waals surface area contributed by atoms with Gasteiger partial charge in [0.05, 0.1) is 11.8 Å². The Balaban J connectivity index is 1.26. The number of benzene rings is 1. The lowest BCUT2D eigenvalue weighted by Crippen LogP contribution is -2.31. The van der Waals surface area contributed by atoms with Gasteiger partial charge in [-0.15, -0.1) is 0 Å². The van der Waals surface area contributed by atoms with Crippen LogP contribution in [-0.2, 0) is 10.3 Å². The molecular formula is C23H17F2N5O2. The fourth-order valence-electron chi connectivity index (χ4n) is 4.77. The SMILES string of the molecule is O=C1O[C@]2(CC[C@H](c3nc4nc(-c5ccc(F)cc5F)ncc4[nH]3)CC2)c2cccnc21. The van der Waals surface area contributed by atoms with Crippen LogP contribution in [0.3, 0.4) is 0 Å². The zero-order chi connectivity index (χ0) is 21.9. The number of aromatic amines is 1. The molecule has 32 heavy (non-hydrogen) atoms. The summed E-state index contributed by atoms with van der Waals surface area (Å²) in [6, 6.07) is 7.04. The van der Waals surface area contributed by atoms with E-state index < -0.39 is 17.2 Å². The van der Waals surface area contributed by atoms with Crippen molar-refractivity contribution in [3.8, 4) is 11.4 Å². The molecule has 160 valence electrons. The number of aromatic nitrogens is 5. The first-order chi connectivity index (χ1) is 15.5. The number of carbonyl (C=O) groups excluding carboxylic acids is 1. The summed E-state index contributed by atoms with van der Waals surface area (Å²) in [5, 5.41) is 0. The molecule has 7 nitrogen and oxygen atoms in total. The van der Waals surface area contributed by atoms with E-state index in [1.807, 2.05) is 12.1 Å². The maximum atomic E-state index is 14.1. The second-order valence-corrected chi connectivity index (χ2v) is 8.23. The van der Waals surface area contributed by atoms with Gasteiger partial charge >= 0.3 is 5.97 Å². The van der Waals surface area contributed by atoms with Gasteiger partial charge in [-0.3, -0.25) is 0 Å². The van der Waals surface area contributed by atoms with Crippen LogP contribution < -0.4 is 0 Å². The third kappa shape index (κ3) is 2.88. The predicted octanol–water partition coefficient (Wildman–Crippen LogP) is 4.42. The van der Waals surface area contributed by atoms with Crippen LogP contribution in [0.4, 0.5) is 8.78 Å². The summed E-state index contributed by atoms with van der Waals surface area (Å²) in [6.07, 6.45) is 6.06. The Morgan fingerprint density at radius 2 is 1.94 bits per heavy atom. The van der Waals surface area contributed by atoms with Gasteiger partial charge in [0.25, 0.3) is 0 Å². The zero-order valence-electron chi connectivity index (χ0n) is 16.8. The molecule has 9 heteroatoms. The van der Waals surface area contributed by atoms with Gasteiger partial charge in [0.2, 0.25) is 0 Å². The number of rotatable bonds is 2. The van der Waals surface area contributed by atoms with Crippen LogP contribution in [0.5, 0.6) is 0 Å². The van der Waals surface area contributed by atoms with E-state index >= 15 is 0 Å². The maximum absolute atomic E-state index is 14.1. The molecule has 0 amide bonds. The van der Waals surface area contributed by atoms with Crippen LogP contribution >= 0.6 is 0 Å². The van der Waals surface area contributed by atoms with Gasteiger partial charge in [-0.2, -0.15) is 0 Å². The molecule has 6 rings (SSSR count). The molecule has 0 radical (unpaired) electrons. The first-order valence-electron chi connectivity index (χ1n) is 10.4. The summed E-state index contributed by atoms with van der Waals surface area (Å²) in [7, 11) is 0. The molecule has 4 aromatic rings. The van der Waals surface area contributed by atoms with Crippen LogP contribution in [0.15, 0.2) is 42.7 Å². The predicted molar refractivity (Wildman–Crippen MR) is 110 cm³/mol. The second kappa shape index (κ2) is 6.88. The molecule has 0 saturated heterocycles. The fourth-order valence-corrected chi connectivity index (χ4v) is 4.77. The van der Waals surface area contributed by atoms with Crippen LogP contribution in [-0.4, -0.2) is 30.9 Å². The number of nitrogens with zero attached hydrogens (tertiary/aromatic N) is 4. The van der Waals surface area contributed by atoms with Crippen LogP contribution in [0.25, 0.3) is 22.6 Å². The molecule has 1 aromatic carbocycles. The molecule has 0 unspecified atom stereocenters. The van der Waals surface area contributed by atoms with Crippen molar-refractivity contribution >= 4 is 17.1 Å². The maximum Gasteiger partial charge on any atom is 0.358 e. The van der Waals surface area contributed by atoms with Gasteiger partial charge in [0.1, 0.15) is 28.6 Å². The Kier molecular flexibility index (Phi) is 4.08. The quantitative estimate of drug-likeness (QED) is 0.471. The molecule has 0 bridgehead atoms. The summed E-state index contributed by atoms with van der Waals surface area (Å²) in [5.41, 5.74) is 1.85. The van der Waals surface area contributed by atoms with Crippen molar-refractivity contribution in [3.63, 3.8) is 0 Å². The number of halogens is 2. The van der Waals surface area contributed by atoms with Crippen molar-refractivity contribution in [2.45, 2.75) is 37.2 Å². The highest BCUT2D eigenvalue weighted by Crippen LogP contribution is 2.49. The van der Waals surface area contributed by atoms with Crippen molar-refractivity contribution in [2.75, 3.05) is 0 Å². The Labute approximate surface area is 180 Å². The monoisotopic (exact) mass is 433 g/mol. The fraction of sp³-hybridized carbons (Fsp3) is 0.261. The van der Waals surface area contributed by atoms with Crippen molar-refractivity contribution in [2.24, 2.45) is 0 Å². The number of H-pyrrole nitrogens is 1. The summed E-state index contributed by atoms with van der Waals surface area (Å²) < 4.78 is 33.1. The number of carbonyl (C=O) groups is 1. The number of hydrogen-bond donors (Lipinski definition) is 1. The number of nitrogens with one attached hydrogen (secondary N) is 1. The van der Waals surface area contributed by atoms with Gasteiger partial charge in [-0.1, -0.05) is 6.07 Å². The number of esters is 1. The van der Waals surface area contributed by atoms with Gasteiger partial charge in [0.15, 0.2) is 17.2 Å². The third-order valence-electron chi connectivity index (χ3n) is 6.39. The number of ether oxygens (including phenoxy) is 1. The first kappa shape index (κ1) is 19.0. The molecule has 1 N–H and O–H groups in total. The molecule has 0 atom stereocenters. The Hall–Kier alpha value is -3.75. The van der Waals surface area contributed by atoms with Gasteiger partial charge in [-0.05, 0) is 43.9 Å². The lowest BCUT2D eigenvalue weighted by molar-refractivity contribution is -0.0313. The molecule has 1 aliphatic carbocycles. The van der Waals surface area contributed by atoms with E-state index in [9.17, 15) is 13.6 Å². The standard InChI is InChI=1S/C23H17F2N5O2/c24-13-3-4-14(16(25)10-13)20-27-11-17-21(30-20)29-19(28-17)12-5-7-23(8-6-12)15-2-1-9-26-18(15)22(31)32-23/h1-4,9-12H,5-8H2,(H,27,28,29,30)/t12-,23-. The number of pyridine rings is 1. The topological polar surface area (TPSA) is 93.6 Å². The Bertz CT molecular complexity index is 1380. The van der Waals surface area contributed by atoms with E-state index in [0.717, 1.165) is 30.3 Å². The molecule has 1 saturated carbocycles. The highest BCUT2D eigenvalue weighted by atomic mass is 19.1. The van der Waals surface area contributed by atoms with Crippen molar-refractivity contribution < 1.29 is 18.3 Å². The Morgan fingerprint density at radius 3 is 2.75 bits per heavy atom. The third-order valence-corrected chi connectivity index (χ3v) is 6.39. The number of imidazole rings is 1. The molecule has 1 fully saturated rings. The minimum Gasteiger partial charge on any atom is -0.449 e.